The smallest absolute Gasteiger partial charge is 0.264 e. The summed E-state index contributed by atoms with van der Waals surface area (Å²) in [6.45, 7) is 3.79. The maximum absolute atomic E-state index is 13.8. The van der Waals surface area contributed by atoms with Crippen LogP contribution in [-0.4, -0.2) is 47.1 Å². The first-order valence-electron chi connectivity index (χ1n) is 9.75. The molecule has 3 aromatic rings. The predicted octanol–water partition coefficient (Wildman–Crippen LogP) is 4.76. The van der Waals surface area contributed by atoms with E-state index < -0.39 is 6.43 Å². The molecule has 1 saturated heterocycles. The SMILES string of the molecule is COc1cc(C)cc(C(F)F)c1-c1ccc2ncc(C3CCCN(C)C3)nc2n1. The number of alkyl halides is 2. The van der Waals surface area contributed by atoms with Crippen LogP contribution in [0, 0.1) is 6.92 Å². The number of likely N-dealkylation sites (N-methyl/N-ethyl adjacent to an activating group) is 1. The summed E-state index contributed by atoms with van der Waals surface area (Å²) < 4.78 is 32.9. The minimum atomic E-state index is -2.63. The maximum Gasteiger partial charge on any atom is 0.264 e. The van der Waals surface area contributed by atoms with E-state index >= 15 is 0 Å². The molecule has 1 fully saturated rings. The molecule has 4 rings (SSSR count). The monoisotopic (exact) mass is 398 g/mol. The molecule has 152 valence electrons. The quantitative estimate of drug-likeness (QED) is 0.634. The van der Waals surface area contributed by atoms with Crippen LogP contribution in [0.1, 0.15) is 42.0 Å². The zero-order chi connectivity index (χ0) is 20.5. The zero-order valence-electron chi connectivity index (χ0n) is 16.8. The number of nitrogens with zero attached hydrogens (tertiary/aromatic N) is 4. The molecule has 0 saturated carbocycles. The number of benzene rings is 1. The summed E-state index contributed by atoms with van der Waals surface area (Å²) in [5, 5.41) is 0. The lowest BCUT2D eigenvalue weighted by atomic mass is 9.95. The van der Waals surface area contributed by atoms with Crippen LogP contribution in [0.15, 0.2) is 30.5 Å². The lowest BCUT2D eigenvalue weighted by molar-refractivity contribution is 0.151. The number of aromatic nitrogens is 3. The Kier molecular flexibility index (Phi) is 5.41. The summed E-state index contributed by atoms with van der Waals surface area (Å²) >= 11 is 0. The van der Waals surface area contributed by atoms with Crippen molar-refractivity contribution in [1.29, 1.82) is 0 Å². The van der Waals surface area contributed by atoms with Gasteiger partial charge in [-0.05, 0) is 63.2 Å². The molecule has 1 atom stereocenters. The van der Waals surface area contributed by atoms with Crippen molar-refractivity contribution < 1.29 is 13.5 Å². The number of piperidine rings is 1. The molecule has 0 bridgehead atoms. The van der Waals surface area contributed by atoms with Crippen molar-refractivity contribution in [3.05, 3.63) is 47.3 Å². The Balaban J connectivity index is 1.81. The highest BCUT2D eigenvalue weighted by Crippen LogP contribution is 2.39. The number of ether oxygens (including phenoxy) is 1. The summed E-state index contributed by atoms with van der Waals surface area (Å²) in [4.78, 5) is 16.1. The van der Waals surface area contributed by atoms with Crippen LogP contribution in [0.4, 0.5) is 8.78 Å². The van der Waals surface area contributed by atoms with E-state index in [4.69, 9.17) is 9.72 Å². The van der Waals surface area contributed by atoms with Gasteiger partial charge in [-0.3, -0.25) is 4.98 Å². The third-order valence-electron chi connectivity index (χ3n) is 5.46. The highest BCUT2D eigenvalue weighted by molar-refractivity contribution is 5.79. The first-order valence-corrected chi connectivity index (χ1v) is 9.75. The topological polar surface area (TPSA) is 51.1 Å². The third kappa shape index (κ3) is 3.92. The van der Waals surface area contributed by atoms with Gasteiger partial charge < -0.3 is 9.64 Å². The number of hydrogen-bond donors (Lipinski definition) is 0. The van der Waals surface area contributed by atoms with Gasteiger partial charge in [0.25, 0.3) is 6.43 Å². The molecule has 0 radical (unpaired) electrons. The Morgan fingerprint density at radius 2 is 2.03 bits per heavy atom. The van der Waals surface area contributed by atoms with Gasteiger partial charge in [-0.2, -0.15) is 0 Å². The van der Waals surface area contributed by atoms with Crippen molar-refractivity contribution in [1.82, 2.24) is 19.9 Å². The predicted molar refractivity (Wildman–Crippen MR) is 108 cm³/mol. The molecule has 0 N–H and O–H groups in total. The molecule has 0 aliphatic carbocycles. The van der Waals surface area contributed by atoms with Crippen LogP contribution >= 0.6 is 0 Å². The van der Waals surface area contributed by atoms with Crippen LogP contribution < -0.4 is 4.74 Å². The average Bonchev–Trinajstić information content (AvgIpc) is 2.72. The minimum Gasteiger partial charge on any atom is -0.496 e. The van der Waals surface area contributed by atoms with Gasteiger partial charge in [-0.15, -0.1) is 0 Å². The van der Waals surface area contributed by atoms with Crippen LogP contribution in [-0.2, 0) is 0 Å². The van der Waals surface area contributed by atoms with Gasteiger partial charge in [-0.25, -0.2) is 18.7 Å². The van der Waals surface area contributed by atoms with Crippen molar-refractivity contribution >= 4 is 11.2 Å². The average molecular weight is 398 g/mol. The molecular formula is C22H24F2N4O. The van der Waals surface area contributed by atoms with Crippen LogP contribution in [0.2, 0.25) is 0 Å². The molecule has 1 aliphatic rings. The summed E-state index contributed by atoms with van der Waals surface area (Å²) in [6, 6.07) is 6.70. The second-order valence-corrected chi connectivity index (χ2v) is 7.67. The number of fused-ring (bicyclic) bond motifs is 1. The molecule has 5 nitrogen and oxygen atoms in total. The number of pyridine rings is 1. The van der Waals surface area contributed by atoms with Crippen molar-refractivity contribution in [2.75, 3.05) is 27.2 Å². The molecule has 2 aromatic heterocycles. The molecule has 1 aromatic carbocycles. The molecule has 7 heteroatoms. The molecule has 0 spiro atoms. The fourth-order valence-electron chi connectivity index (χ4n) is 4.04. The second kappa shape index (κ2) is 7.99. The van der Waals surface area contributed by atoms with Gasteiger partial charge >= 0.3 is 0 Å². The summed E-state index contributed by atoms with van der Waals surface area (Å²) in [5.41, 5.74) is 3.36. The molecular weight excluding hydrogens is 374 g/mol. The Morgan fingerprint density at radius 3 is 2.76 bits per heavy atom. The highest BCUT2D eigenvalue weighted by Gasteiger charge is 2.23. The van der Waals surface area contributed by atoms with Gasteiger partial charge in [0.15, 0.2) is 5.65 Å². The van der Waals surface area contributed by atoms with Crippen molar-refractivity contribution in [3.63, 3.8) is 0 Å². The molecule has 3 heterocycles. The highest BCUT2D eigenvalue weighted by atomic mass is 19.3. The number of halogens is 2. The lowest BCUT2D eigenvalue weighted by Crippen LogP contribution is -2.31. The van der Waals surface area contributed by atoms with Gasteiger partial charge in [0.1, 0.15) is 11.3 Å². The van der Waals surface area contributed by atoms with Gasteiger partial charge in [0.05, 0.1) is 24.1 Å². The molecule has 1 aliphatic heterocycles. The van der Waals surface area contributed by atoms with E-state index in [9.17, 15) is 8.78 Å². The Morgan fingerprint density at radius 1 is 1.21 bits per heavy atom. The largest absolute Gasteiger partial charge is 0.496 e. The second-order valence-electron chi connectivity index (χ2n) is 7.67. The number of likely N-dealkylation sites (tertiary alicyclic amines) is 1. The van der Waals surface area contributed by atoms with Crippen molar-refractivity contribution in [2.45, 2.75) is 32.1 Å². The Labute approximate surface area is 168 Å². The molecule has 29 heavy (non-hydrogen) atoms. The van der Waals surface area contributed by atoms with Crippen LogP contribution in [0.3, 0.4) is 0 Å². The van der Waals surface area contributed by atoms with E-state index in [2.05, 4.69) is 21.9 Å². The van der Waals surface area contributed by atoms with Crippen molar-refractivity contribution in [2.24, 2.45) is 0 Å². The molecule has 0 amide bonds. The van der Waals surface area contributed by atoms with E-state index in [1.807, 2.05) is 6.20 Å². The number of methoxy groups -OCH3 is 1. The fourth-order valence-corrected chi connectivity index (χ4v) is 4.04. The zero-order valence-corrected chi connectivity index (χ0v) is 16.8. The van der Waals surface area contributed by atoms with E-state index in [-0.39, 0.29) is 5.56 Å². The number of rotatable bonds is 4. The normalized spacial score (nSPS) is 17.8. The van der Waals surface area contributed by atoms with Crippen LogP contribution in [0.25, 0.3) is 22.4 Å². The Hall–Kier alpha value is -2.67. The summed E-state index contributed by atoms with van der Waals surface area (Å²) in [7, 11) is 3.58. The van der Waals surface area contributed by atoms with Gasteiger partial charge in [0, 0.05) is 24.2 Å². The van der Waals surface area contributed by atoms with Crippen LogP contribution in [0.5, 0.6) is 5.75 Å². The maximum atomic E-state index is 13.8. The van der Waals surface area contributed by atoms with E-state index in [0.29, 0.717) is 39.7 Å². The van der Waals surface area contributed by atoms with E-state index in [1.54, 1.807) is 25.1 Å². The summed E-state index contributed by atoms with van der Waals surface area (Å²) in [6.07, 6.45) is 1.36. The first kappa shape index (κ1) is 19.6. The van der Waals surface area contributed by atoms with Crippen molar-refractivity contribution in [3.8, 4) is 17.0 Å². The number of hydrogen-bond acceptors (Lipinski definition) is 5. The first-order chi connectivity index (χ1) is 14.0. The van der Waals surface area contributed by atoms with Gasteiger partial charge in [-0.1, -0.05) is 0 Å². The minimum absolute atomic E-state index is 0.0910. The summed E-state index contributed by atoms with van der Waals surface area (Å²) in [5.74, 6) is 0.687. The van der Waals surface area contributed by atoms with Gasteiger partial charge in [0.2, 0.25) is 0 Å². The number of aryl methyl sites for hydroxylation is 1. The third-order valence-corrected chi connectivity index (χ3v) is 5.46. The Bertz CT molecular complexity index is 1040. The molecule has 1 unspecified atom stereocenters. The fraction of sp³-hybridized carbons (Fsp3) is 0.409. The van der Waals surface area contributed by atoms with E-state index in [1.165, 1.54) is 13.2 Å². The standard InChI is InChI=1S/C22H24F2N4O/c1-13-9-15(21(23)24)20(19(10-13)29-3)16-6-7-17-22(26-16)27-18(11-25-17)14-5-4-8-28(2)12-14/h6-7,9-11,14,21H,4-5,8,12H2,1-3H3. The van der Waals surface area contributed by atoms with E-state index in [0.717, 1.165) is 31.6 Å². The lowest BCUT2D eigenvalue weighted by Gasteiger charge is -2.29.